The summed E-state index contributed by atoms with van der Waals surface area (Å²) in [5, 5.41) is 0. The maximum atomic E-state index is 12.1. The zero-order chi connectivity index (χ0) is 15.5. The molecular weight excluding hydrogens is 288 g/mol. The van der Waals surface area contributed by atoms with E-state index in [-0.39, 0.29) is 10.7 Å². The minimum Gasteiger partial charge on any atom is -0.291 e. The third-order valence-corrected chi connectivity index (χ3v) is 4.40. The summed E-state index contributed by atoms with van der Waals surface area (Å²) >= 11 is 0. The first-order valence-electron chi connectivity index (χ1n) is 6.49. The van der Waals surface area contributed by atoms with Crippen molar-refractivity contribution < 1.29 is 17.4 Å². The van der Waals surface area contributed by atoms with Crippen molar-refractivity contribution in [2.45, 2.75) is 24.8 Å². The first-order chi connectivity index (χ1) is 9.90. The molecule has 0 N–H and O–H groups in total. The van der Waals surface area contributed by atoms with Crippen molar-refractivity contribution in [2.75, 3.05) is 0 Å². The topological polar surface area (TPSA) is 60.4 Å². The predicted molar refractivity (Wildman–Crippen MR) is 79.7 cm³/mol. The van der Waals surface area contributed by atoms with Crippen LogP contribution in [-0.2, 0) is 14.3 Å². The highest BCUT2D eigenvalue weighted by Gasteiger charge is 2.24. The quantitative estimate of drug-likeness (QED) is 0.629. The molecule has 0 saturated heterocycles. The molecule has 0 radical (unpaired) electrons. The predicted octanol–water partition coefficient (Wildman–Crippen LogP) is 2.97. The van der Waals surface area contributed by atoms with E-state index < -0.39 is 16.2 Å². The van der Waals surface area contributed by atoms with Crippen molar-refractivity contribution in [3.8, 4) is 0 Å². The third kappa shape index (κ3) is 3.77. The van der Waals surface area contributed by atoms with E-state index in [1.807, 2.05) is 6.92 Å². The van der Waals surface area contributed by atoms with Gasteiger partial charge in [-0.25, -0.2) is 0 Å². The number of carbonyl (C=O) groups excluding carboxylic acids is 1. The Hall–Kier alpha value is -1.98. The molecule has 0 unspecified atom stereocenters. The zero-order valence-electron chi connectivity index (χ0n) is 11.8. The first kappa shape index (κ1) is 15.4. The second-order valence-electron chi connectivity index (χ2n) is 4.74. The molecule has 21 heavy (non-hydrogen) atoms. The van der Waals surface area contributed by atoms with Crippen molar-refractivity contribution in [1.82, 2.24) is 0 Å². The Bertz CT molecular complexity index is 719. The minimum atomic E-state index is -3.95. The molecule has 0 heterocycles. The molecule has 4 nitrogen and oxygen atoms in total. The Balaban J connectivity index is 2.17. The van der Waals surface area contributed by atoms with Crippen molar-refractivity contribution >= 4 is 15.9 Å². The zero-order valence-corrected chi connectivity index (χ0v) is 12.6. The number of rotatable bonds is 5. The maximum absolute atomic E-state index is 12.1. The fraction of sp³-hybridized carbons (Fsp3) is 0.188. The summed E-state index contributed by atoms with van der Waals surface area (Å²) in [6.45, 7) is 3.29. The number of carbonyl (C=O) groups is 1. The largest absolute Gasteiger partial charge is 0.297 e. The molecule has 5 heteroatoms. The van der Waals surface area contributed by atoms with E-state index in [1.54, 1.807) is 42.5 Å². The van der Waals surface area contributed by atoms with Gasteiger partial charge in [-0.3, -0.25) is 8.98 Å². The van der Waals surface area contributed by atoms with Crippen LogP contribution in [0.1, 0.15) is 22.8 Å². The van der Waals surface area contributed by atoms with Crippen LogP contribution in [0.2, 0.25) is 0 Å². The second kappa shape index (κ2) is 6.20. The molecule has 0 saturated carbocycles. The molecule has 0 aromatic heterocycles. The van der Waals surface area contributed by atoms with E-state index in [0.717, 1.165) is 5.56 Å². The van der Waals surface area contributed by atoms with Crippen LogP contribution in [-0.4, -0.2) is 20.3 Å². The third-order valence-electron chi connectivity index (χ3n) is 3.01. The van der Waals surface area contributed by atoms with Gasteiger partial charge >= 0.3 is 0 Å². The summed E-state index contributed by atoms with van der Waals surface area (Å²) in [7, 11) is -3.95. The number of hydrogen-bond acceptors (Lipinski definition) is 4. The van der Waals surface area contributed by atoms with Crippen LogP contribution >= 0.6 is 0 Å². The van der Waals surface area contributed by atoms with Gasteiger partial charge in [-0.15, -0.1) is 0 Å². The van der Waals surface area contributed by atoms with Gasteiger partial charge in [0.1, 0.15) is 6.10 Å². The van der Waals surface area contributed by atoms with E-state index in [4.69, 9.17) is 4.18 Å². The van der Waals surface area contributed by atoms with Gasteiger partial charge in [-0.2, -0.15) is 8.42 Å². The van der Waals surface area contributed by atoms with Gasteiger partial charge in [0.15, 0.2) is 5.78 Å². The van der Waals surface area contributed by atoms with Gasteiger partial charge in [0, 0.05) is 5.56 Å². The number of ketones is 1. The summed E-state index contributed by atoms with van der Waals surface area (Å²) in [5.41, 5.74) is 1.37. The molecule has 2 aromatic carbocycles. The first-order valence-corrected chi connectivity index (χ1v) is 7.90. The fourth-order valence-corrected chi connectivity index (χ4v) is 2.88. The molecule has 2 aromatic rings. The van der Waals surface area contributed by atoms with Crippen LogP contribution in [0.15, 0.2) is 59.5 Å². The highest BCUT2D eigenvalue weighted by Crippen LogP contribution is 2.17. The van der Waals surface area contributed by atoms with Gasteiger partial charge in [0.25, 0.3) is 10.1 Å². The minimum absolute atomic E-state index is 0.0424. The Labute approximate surface area is 124 Å². The number of aryl methyl sites for hydroxylation is 1. The molecule has 0 aliphatic carbocycles. The SMILES string of the molecule is Cc1ccc(S(=O)(=O)O[C@@H](C)C(=O)c2ccccc2)cc1. The van der Waals surface area contributed by atoms with E-state index in [1.165, 1.54) is 19.1 Å². The number of benzene rings is 2. The number of hydrogen-bond donors (Lipinski definition) is 0. The fourth-order valence-electron chi connectivity index (χ4n) is 1.83. The monoisotopic (exact) mass is 304 g/mol. The van der Waals surface area contributed by atoms with Gasteiger partial charge in [-0.05, 0) is 26.0 Å². The van der Waals surface area contributed by atoms with E-state index in [0.29, 0.717) is 5.56 Å². The summed E-state index contributed by atoms with van der Waals surface area (Å²) in [6.07, 6.45) is -1.07. The summed E-state index contributed by atoms with van der Waals surface area (Å²) in [6, 6.07) is 14.8. The lowest BCUT2D eigenvalue weighted by Crippen LogP contribution is -2.24. The van der Waals surface area contributed by atoms with E-state index in [2.05, 4.69) is 0 Å². The van der Waals surface area contributed by atoms with Crippen molar-refractivity contribution in [3.63, 3.8) is 0 Å². The summed E-state index contributed by atoms with van der Waals surface area (Å²) in [5.74, 6) is -0.369. The Morgan fingerprint density at radius 3 is 2.14 bits per heavy atom. The highest BCUT2D eigenvalue weighted by atomic mass is 32.2. The van der Waals surface area contributed by atoms with Gasteiger partial charge in [0.2, 0.25) is 0 Å². The second-order valence-corrected chi connectivity index (χ2v) is 6.31. The van der Waals surface area contributed by atoms with Crippen LogP contribution < -0.4 is 0 Å². The normalized spacial score (nSPS) is 12.9. The molecule has 0 aliphatic rings. The average molecular weight is 304 g/mol. The molecular formula is C16H16O4S. The highest BCUT2D eigenvalue weighted by molar-refractivity contribution is 7.86. The molecule has 1 atom stereocenters. The lowest BCUT2D eigenvalue weighted by molar-refractivity contribution is 0.0826. The van der Waals surface area contributed by atoms with Crippen LogP contribution in [0, 0.1) is 6.92 Å². The molecule has 0 amide bonds. The lowest BCUT2D eigenvalue weighted by Gasteiger charge is -2.12. The molecule has 110 valence electrons. The average Bonchev–Trinajstić information content (AvgIpc) is 2.47. The van der Waals surface area contributed by atoms with Gasteiger partial charge in [0.05, 0.1) is 4.90 Å². The van der Waals surface area contributed by atoms with E-state index in [9.17, 15) is 13.2 Å². The van der Waals surface area contributed by atoms with Crippen molar-refractivity contribution in [3.05, 3.63) is 65.7 Å². The molecule has 2 rings (SSSR count). The van der Waals surface area contributed by atoms with Crippen LogP contribution in [0.5, 0.6) is 0 Å². The van der Waals surface area contributed by atoms with Crippen LogP contribution in [0.4, 0.5) is 0 Å². The molecule has 0 fully saturated rings. The summed E-state index contributed by atoms with van der Waals surface area (Å²) < 4.78 is 29.2. The van der Waals surface area contributed by atoms with Crippen LogP contribution in [0.25, 0.3) is 0 Å². The Morgan fingerprint density at radius 1 is 1.00 bits per heavy atom. The van der Waals surface area contributed by atoms with Gasteiger partial charge in [-0.1, -0.05) is 48.0 Å². The van der Waals surface area contributed by atoms with Gasteiger partial charge < -0.3 is 0 Å². The smallest absolute Gasteiger partial charge is 0.291 e. The van der Waals surface area contributed by atoms with Crippen molar-refractivity contribution in [2.24, 2.45) is 0 Å². The molecule has 0 aliphatic heterocycles. The summed E-state index contributed by atoms with van der Waals surface area (Å²) in [4.78, 5) is 12.2. The Kier molecular flexibility index (Phi) is 4.55. The molecule has 0 bridgehead atoms. The maximum Gasteiger partial charge on any atom is 0.297 e. The van der Waals surface area contributed by atoms with E-state index >= 15 is 0 Å². The number of Topliss-reactive ketones (excluding diaryl/α,β-unsaturated/α-hetero) is 1. The lowest BCUT2D eigenvalue weighted by atomic mass is 10.1. The molecule has 0 spiro atoms. The van der Waals surface area contributed by atoms with Crippen molar-refractivity contribution in [1.29, 1.82) is 0 Å². The standard InChI is InChI=1S/C16H16O4S/c1-12-8-10-15(11-9-12)21(18,19)20-13(2)16(17)14-6-4-3-5-7-14/h3-11,13H,1-2H3/t13-/m0/s1. The Morgan fingerprint density at radius 2 is 1.57 bits per heavy atom. The van der Waals surface area contributed by atoms with Crippen LogP contribution in [0.3, 0.4) is 0 Å².